The lowest BCUT2D eigenvalue weighted by molar-refractivity contribution is 0.657. The van der Waals surface area contributed by atoms with Crippen molar-refractivity contribution in [2.75, 3.05) is 13.1 Å². The van der Waals surface area contributed by atoms with Crippen molar-refractivity contribution < 1.29 is 0 Å². The average Bonchev–Trinajstić information content (AvgIpc) is 3.22. The summed E-state index contributed by atoms with van der Waals surface area (Å²) in [6.45, 7) is 8.89. The summed E-state index contributed by atoms with van der Waals surface area (Å²) in [6.07, 6.45) is 6.33. The lowest BCUT2D eigenvalue weighted by atomic mass is 9.98. The first kappa shape index (κ1) is 14.3. The Labute approximate surface area is 118 Å². The van der Waals surface area contributed by atoms with Crippen LogP contribution in [-0.4, -0.2) is 13.1 Å². The lowest BCUT2D eigenvalue weighted by Gasteiger charge is -2.13. The molecule has 0 saturated heterocycles. The Morgan fingerprint density at radius 2 is 2.16 bits per heavy atom. The van der Waals surface area contributed by atoms with Crippen molar-refractivity contribution in [1.82, 2.24) is 5.32 Å². The van der Waals surface area contributed by atoms with Crippen LogP contribution in [0.1, 0.15) is 57.1 Å². The molecular weight excluding hydrogens is 230 g/mol. The first-order valence-electron chi connectivity index (χ1n) is 7.72. The summed E-state index contributed by atoms with van der Waals surface area (Å²) in [4.78, 5) is 0. The van der Waals surface area contributed by atoms with E-state index in [1.807, 2.05) is 0 Å². The summed E-state index contributed by atoms with van der Waals surface area (Å²) in [5.74, 6) is 1.45. The second-order valence-electron chi connectivity index (χ2n) is 6.00. The van der Waals surface area contributed by atoms with E-state index in [0.29, 0.717) is 5.92 Å². The number of hydrogen-bond acceptors (Lipinski definition) is 1. The molecule has 1 saturated carbocycles. The van der Waals surface area contributed by atoms with E-state index in [1.54, 1.807) is 0 Å². The predicted octanol–water partition coefficient (Wildman–Crippen LogP) is 4.60. The highest BCUT2D eigenvalue weighted by Gasteiger charge is 2.23. The lowest BCUT2D eigenvalue weighted by Crippen LogP contribution is -2.19. The van der Waals surface area contributed by atoms with Crippen LogP contribution in [0.4, 0.5) is 0 Å². The van der Waals surface area contributed by atoms with Crippen LogP contribution in [-0.2, 0) is 0 Å². The molecule has 0 unspecified atom stereocenters. The Hall–Kier alpha value is -1.08. The Kier molecular flexibility index (Phi) is 5.21. The van der Waals surface area contributed by atoms with Gasteiger partial charge in [-0.05, 0) is 48.8 Å². The first-order valence-corrected chi connectivity index (χ1v) is 7.72. The van der Waals surface area contributed by atoms with Crippen LogP contribution in [0.25, 0.3) is 6.08 Å². The normalized spacial score (nSPS) is 16.1. The molecule has 1 aliphatic carbocycles. The van der Waals surface area contributed by atoms with E-state index >= 15 is 0 Å². The zero-order chi connectivity index (χ0) is 13.7. The average molecular weight is 257 g/mol. The molecule has 0 spiro atoms. The molecule has 2 rings (SSSR count). The van der Waals surface area contributed by atoms with Gasteiger partial charge in [0.15, 0.2) is 0 Å². The smallest absolute Gasteiger partial charge is 0.0170 e. The van der Waals surface area contributed by atoms with E-state index in [4.69, 9.17) is 0 Å². The molecule has 0 aliphatic heterocycles. The Morgan fingerprint density at radius 1 is 1.37 bits per heavy atom. The van der Waals surface area contributed by atoms with E-state index < -0.39 is 0 Å². The SMILES string of the molecule is CCCNCC(=Cc1cccc(C2CC2)c1)C(C)C. The molecule has 0 heterocycles. The van der Waals surface area contributed by atoms with Crippen LogP contribution in [0.15, 0.2) is 29.8 Å². The third-order valence-electron chi connectivity index (χ3n) is 3.81. The highest BCUT2D eigenvalue weighted by atomic mass is 14.8. The van der Waals surface area contributed by atoms with Crippen molar-refractivity contribution in [3.63, 3.8) is 0 Å². The van der Waals surface area contributed by atoms with Crippen molar-refractivity contribution in [1.29, 1.82) is 0 Å². The summed E-state index contributed by atoms with van der Waals surface area (Å²) in [5.41, 5.74) is 4.39. The highest BCUT2D eigenvalue weighted by Crippen LogP contribution is 2.40. The predicted molar refractivity (Wildman–Crippen MR) is 84.4 cm³/mol. The first-order chi connectivity index (χ1) is 9.20. The van der Waals surface area contributed by atoms with Gasteiger partial charge in [-0.1, -0.05) is 56.7 Å². The van der Waals surface area contributed by atoms with Crippen molar-refractivity contribution in [3.8, 4) is 0 Å². The minimum absolute atomic E-state index is 0.605. The van der Waals surface area contributed by atoms with E-state index in [1.165, 1.54) is 36.0 Å². The van der Waals surface area contributed by atoms with Crippen molar-refractivity contribution in [2.45, 2.75) is 46.0 Å². The molecule has 1 aromatic rings. The maximum atomic E-state index is 3.52. The highest BCUT2D eigenvalue weighted by molar-refractivity contribution is 5.55. The molecule has 104 valence electrons. The second-order valence-corrected chi connectivity index (χ2v) is 6.00. The minimum atomic E-state index is 0.605. The van der Waals surface area contributed by atoms with Gasteiger partial charge in [0.05, 0.1) is 0 Å². The largest absolute Gasteiger partial charge is 0.313 e. The molecule has 1 N–H and O–H groups in total. The zero-order valence-corrected chi connectivity index (χ0v) is 12.6. The molecule has 1 aromatic carbocycles. The molecule has 0 atom stereocenters. The van der Waals surface area contributed by atoms with Crippen LogP contribution in [0, 0.1) is 5.92 Å². The van der Waals surface area contributed by atoms with Gasteiger partial charge in [-0.3, -0.25) is 0 Å². The van der Waals surface area contributed by atoms with Crippen molar-refractivity contribution in [2.24, 2.45) is 5.92 Å². The fraction of sp³-hybridized carbons (Fsp3) is 0.556. The molecule has 0 amide bonds. The van der Waals surface area contributed by atoms with Gasteiger partial charge in [-0.15, -0.1) is 0 Å². The summed E-state index contributed by atoms with van der Waals surface area (Å²) in [6, 6.07) is 9.09. The quantitative estimate of drug-likeness (QED) is 0.704. The molecule has 0 bridgehead atoms. The Balaban J connectivity index is 2.08. The van der Waals surface area contributed by atoms with Crippen molar-refractivity contribution >= 4 is 6.08 Å². The summed E-state index contributed by atoms with van der Waals surface area (Å²) in [5, 5.41) is 3.52. The molecule has 1 nitrogen and oxygen atoms in total. The van der Waals surface area contributed by atoms with Crippen LogP contribution < -0.4 is 5.32 Å². The van der Waals surface area contributed by atoms with Crippen LogP contribution in [0.5, 0.6) is 0 Å². The topological polar surface area (TPSA) is 12.0 Å². The number of rotatable bonds is 7. The molecule has 19 heavy (non-hydrogen) atoms. The number of hydrogen-bond donors (Lipinski definition) is 1. The molecule has 1 aliphatic rings. The maximum absolute atomic E-state index is 3.52. The van der Waals surface area contributed by atoms with E-state index in [0.717, 1.165) is 19.0 Å². The van der Waals surface area contributed by atoms with Gasteiger partial charge in [0.2, 0.25) is 0 Å². The Morgan fingerprint density at radius 3 is 2.79 bits per heavy atom. The van der Waals surface area contributed by atoms with Gasteiger partial charge < -0.3 is 5.32 Å². The number of benzene rings is 1. The van der Waals surface area contributed by atoms with Crippen LogP contribution >= 0.6 is 0 Å². The van der Waals surface area contributed by atoms with Gasteiger partial charge in [-0.25, -0.2) is 0 Å². The monoisotopic (exact) mass is 257 g/mol. The third kappa shape index (κ3) is 4.50. The van der Waals surface area contributed by atoms with Gasteiger partial charge >= 0.3 is 0 Å². The summed E-state index contributed by atoms with van der Waals surface area (Å²) < 4.78 is 0. The van der Waals surface area contributed by atoms with Gasteiger partial charge in [0, 0.05) is 6.54 Å². The van der Waals surface area contributed by atoms with E-state index in [2.05, 4.69) is 56.4 Å². The summed E-state index contributed by atoms with van der Waals surface area (Å²) in [7, 11) is 0. The van der Waals surface area contributed by atoms with Gasteiger partial charge in [0.25, 0.3) is 0 Å². The molecule has 1 heteroatoms. The molecule has 0 radical (unpaired) electrons. The Bertz CT molecular complexity index is 427. The van der Waals surface area contributed by atoms with E-state index in [-0.39, 0.29) is 0 Å². The molecule has 1 fully saturated rings. The summed E-state index contributed by atoms with van der Waals surface area (Å²) >= 11 is 0. The molecular formula is C18H27N. The van der Waals surface area contributed by atoms with E-state index in [9.17, 15) is 0 Å². The number of nitrogens with one attached hydrogen (secondary N) is 1. The van der Waals surface area contributed by atoms with Crippen molar-refractivity contribution in [3.05, 3.63) is 41.0 Å². The maximum Gasteiger partial charge on any atom is 0.0170 e. The van der Waals surface area contributed by atoms with Gasteiger partial charge in [0.1, 0.15) is 0 Å². The van der Waals surface area contributed by atoms with Crippen LogP contribution in [0.2, 0.25) is 0 Å². The molecule has 0 aromatic heterocycles. The standard InChI is InChI=1S/C18H27N/c1-4-10-19-13-18(14(2)3)12-15-6-5-7-17(11-15)16-8-9-16/h5-7,11-12,14,16,19H,4,8-10,13H2,1-3H3. The third-order valence-corrected chi connectivity index (χ3v) is 3.81. The fourth-order valence-electron chi connectivity index (χ4n) is 2.36. The van der Waals surface area contributed by atoms with Crippen LogP contribution in [0.3, 0.4) is 0 Å². The minimum Gasteiger partial charge on any atom is -0.313 e. The zero-order valence-electron chi connectivity index (χ0n) is 12.6. The second kappa shape index (κ2) is 6.91. The van der Waals surface area contributed by atoms with Gasteiger partial charge in [-0.2, -0.15) is 0 Å². The fourth-order valence-corrected chi connectivity index (χ4v) is 2.36.